The standard InChI is InChI=1S/C23H26N4O/c1-15(2)17-5-9-20(10-6-17)26-22(28)19-13-24-23(25-14-19)27-21-11-7-18(8-12-21)16(3)4/h5-16H,1-4H3,(H,26,28)(H,24,25,27). The molecule has 0 bridgehead atoms. The van der Waals surface area contributed by atoms with Crippen molar-refractivity contribution < 1.29 is 4.79 Å². The Hall–Kier alpha value is -3.21. The maximum absolute atomic E-state index is 12.4. The van der Waals surface area contributed by atoms with Gasteiger partial charge in [0, 0.05) is 23.8 Å². The topological polar surface area (TPSA) is 66.9 Å². The molecule has 0 spiro atoms. The molecule has 2 aromatic carbocycles. The smallest absolute Gasteiger partial charge is 0.258 e. The number of rotatable bonds is 6. The van der Waals surface area contributed by atoms with Gasteiger partial charge in [0.05, 0.1) is 5.56 Å². The summed E-state index contributed by atoms with van der Waals surface area (Å²) < 4.78 is 0. The predicted octanol–water partition coefficient (Wildman–Crippen LogP) is 5.72. The van der Waals surface area contributed by atoms with Crippen LogP contribution in [0.15, 0.2) is 60.9 Å². The van der Waals surface area contributed by atoms with Crippen molar-refractivity contribution in [3.05, 3.63) is 77.6 Å². The number of carbonyl (C=O) groups is 1. The van der Waals surface area contributed by atoms with Crippen molar-refractivity contribution in [2.24, 2.45) is 0 Å². The molecule has 144 valence electrons. The van der Waals surface area contributed by atoms with E-state index in [0.717, 1.165) is 11.4 Å². The second kappa shape index (κ2) is 8.65. The largest absolute Gasteiger partial charge is 0.324 e. The van der Waals surface area contributed by atoms with E-state index in [2.05, 4.69) is 60.4 Å². The molecule has 0 aliphatic rings. The van der Waals surface area contributed by atoms with Crippen LogP contribution in [0.3, 0.4) is 0 Å². The van der Waals surface area contributed by atoms with Gasteiger partial charge < -0.3 is 10.6 Å². The first-order valence-corrected chi connectivity index (χ1v) is 9.52. The molecule has 3 rings (SSSR count). The molecule has 1 amide bonds. The minimum atomic E-state index is -0.231. The summed E-state index contributed by atoms with van der Waals surface area (Å²) in [6, 6.07) is 16.0. The van der Waals surface area contributed by atoms with Crippen molar-refractivity contribution >= 4 is 23.2 Å². The van der Waals surface area contributed by atoms with Crippen LogP contribution in [0.5, 0.6) is 0 Å². The summed E-state index contributed by atoms with van der Waals surface area (Å²) in [4.78, 5) is 20.9. The van der Waals surface area contributed by atoms with Crippen LogP contribution < -0.4 is 10.6 Å². The third-order valence-corrected chi connectivity index (χ3v) is 4.58. The highest BCUT2D eigenvalue weighted by Gasteiger charge is 2.09. The van der Waals surface area contributed by atoms with Crippen LogP contribution in [0.2, 0.25) is 0 Å². The van der Waals surface area contributed by atoms with Crippen molar-refractivity contribution in [2.45, 2.75) is 39.5 Å². The molecule has 0 unspecified atom stereocenters. The first-order valence-electron chi connectivity index (χ1n) is 9.52. The number of anilines is 3. The SMILES string of the molecule is CC(C)c1ccc(NC(=O)c2cnc(Nc3ccc(C(C)C)cc3)nc2)cc1. The van der Waals surface area contributed by atoms with Crippen molar-refractivity contribution in [1.29, 1.82) is 0 Å². The zero-order valence-corrected chi connectivity index (χ0v) is 16.7. The Bertz CT molecular complexity index is 914. The van der Waals surface area contributed by atoms with Gasteiger partial charge in [-0.3, -0.25) is 4.79 Å². The normalized spacial score (nSPS) is 10.9. The van der Waals surface area contributed by atoms with Gasteiger partial charge in [0.15, 0.2) is 0 Å². The second-order valence-corrected chi connectivity index (χ2v) is 7.43. The molecule has 28 heavy (non-hydrogen) atoms. The number of amides is 1. The summed E-state index contributed by atoms with van der Waals surface area (Å²) >= 11 is 0. The number of hydrogen-bond donors (Lipinski definition) is 2. The van der Waals surface area contributed by atoms with Crippen LogP contribution in [-0.2, 0) is 0 Å². The summed E-state index contributed by atoms with van der Waals surface area (Å²) in [6.45, 7) is 8.60. The second-order valence-electron chi connectivity index (χ2n) is 7.43. The predicted molar refractivity (Wildman–Crippen MR) is 114 cm³/mol. The maximum Gasteiger partial charge on any atom is 0.258 e. The minimum Gasteiger partial charge on any atom is -0.324 e. The fourth-order valence-electron chi connectivity index (χ4n) is 2.74. The van der Waals surface area contributed by atoms with E-state index < -0.39 is 0 Å². The molecule has 5 nitrogen and oxygen atoms in total. The molecule has 0 aliphatic heterocycles. The molecular weight excluding hydrogens is 348 g/mol. The zero-order valence-electron chi connectivity index (χ0n) is 16.7. The van der Waals surface area contributed by atoms with Crippen molar-refractivity contribution in [3.63, 3.8) is 0 Å². The van der Waals surface area contributed by atoms with Crippen LogP contribution in [0, 0.1) is 0 Å². The van der Waals surface area contributed by atoms with Crippen LogP contribution in [-0.4, -0.2) is 15.9 Å². The van der Waals surface area contributed by atoms with Gasteiger partial charge in [-0.15, -0.1) is 0 Å². The molecule has 0 fully saturated rings. The third kappa shape index (κ3) is 4.94. The fraction of sp³-hybridized carbons (Fsp3) is 0.261. The van der Waals surface area contributed by atoms with E-state index >= 15 is 0 Å². The number of nitrogens with one attached hydrogen (secondary N) is 2. The van der Waals surface area contributed by atoms with E-state index in [-0.39, 0.29) is 5.91 Å². The highest BCUT2D eigenvalue weighted by atomic mass is 16.1. The summed E-state index contributed by atoms with van der Waals surface area (Å²) in [6.07, 6.45) is 3.05. The lowest BCUT2D eigenvalue weighted by molar-refractivity contribution is 0.102. The lowest BCUT2D eigenvalue weighted by Crippen LogP contribution is -2.13. The first-order chi connectivity index (χ1) is 13.4. The monoisotopic (exact) mass is 374 g/mol. The van der Waals surface area contributed by atoms with Crippen LogP contribution in [0.25, 0.3) is 0 Å². The molecular formula is C23H26N4O. The minimum absolute atomic E-state index is 0.231. The highest BCUT2D eigenvalue weighted by molar-refractivity contribution is 6.03. The van der Waals surface area contributed by atoms with E-state index in [1.807, 2.05) is 36.4 Å². The Morgan fingerprint density at radius 2 is 1.21 bits per heavy atom. The summed E-state index contributed by atoms with van der Waals surface area (Å²) in [5.74, 6) is 1.17. The Morgan fingerprint density at radius 1 is 0.750 bits per heavy atom. The van der Waals surface area contributed by atoms with Crippen molar-refractivity contribution in [2.75, 3.05) is 10.6 Å². The third-order valence-electron chi connectivity index (χ3n) is 4.58. The molecule has 0 radical (unpaired) electrons. The van der Waals surface area contributed by atoms with Crippen LogP contribution in [0.4, 0.5) is 17.3 Å². The van der Waals surface area contributed by atoms with Gasteiger partial charge in [-0.1, -0.05) is 52.0 Å². The molecule has 0 saturated carbocycles. The van der Waals surface area contributed by atoms with Crippen LogP contribution >= 0.6 is 0 Å². The Labute approximate surface area is 166 Å². The summed E-state index contributed by atoms with van der Waals surface area (Å²) in [5, 5.41) is 6.02. The number of benzene rings is 2. The molecule has 1 aromatic heterocycles. The number of carbonyl (C=O) groups excluding carboxylic acids is 1. The number of hydrogen-bond acceptors (Lipinski definition) is 4. The van der Waals surface area contributed by atoms with Gasteiger partial charge >= 0.3 is 0 Å². The van der Waals surface area contributed by atoms with Gasteiger partial charge in [0.25, 0.3) is 5.91 Å². The Balaban J connectivity index is 1.62. The molecule has 5 heteroatoms. The lowest BCUT2D eigenvalue weighted by atomic mass is 10.0. The molecule has 1 heterocycles. The molecule has 0 aliphatic carbocycles. The van der Waals surface area contributed by atoms with Crippen molar-refractivity contribution in [3.8, 4) is 0 Å². The van der Waals surface area contributed by atoms with Gasteiger partial charge in [0.2, 0.25) is 5.95 Å². The number of nitrogens with zero attached hydrogens (tertiary/aromatic N) is 2. The first kappa shape index (κ1) is 19.5. The van der Waals surface area contributed by atoms with E-state index in [9.17, 15) is 4.79 Å². The quantitative estimate of drug-likeness (QED) is 0.579. The Morgan fingerprint density at radius 3 is 1.68 bits per heavy atom. The maximum atomic E-state index is 12.4. The highest BCUT2D eigenvalue weighted by Crippen LogP contribution is 2.20. The van der Waals surface area contributed by atoms with E-state index in [1.165, 1.54) is 23.5 Å². The molecule has 3 aromatic rings. The van der Waals surface area contributed by atoms with Crippen LogP contribution in [0.1, 0.15) is 61.0 Å². The van der Waals surface area contributed by atoms with Gasteiger partial charge in [0.1, 0.15) is 0 Å². The Kier molecular flexibility index (Phi) is 6.04. The summed E-state index contributed by atoms with van der Waals surface area (Å²) in [7, 11) is 0. The van der Waals surface area contributed by atoms with Gasteiger partial charge in [-0.2, -0.15) is 0 Å². The molecule has 0 atom stereocenters. The lowest BCUT2D eigenvalue weighted by Gasteiger charge is -2.09. The van der Waals surface area contributed by atoms with Gasteiger partial charge in [-0.25, -0.2) is 9.97 Å². The molecule has 0 saturated heterocycles. The van der Waals surface area contributed by atoms with Gasteiger partial charge in [-0.05, 0) is 47.2 Å². The zero-order chi connectivity index (χ0) is 20.1. The molecule has 2 N–H and O–H groups in total. The van der Waals surface area contributed by atoms with Crippen molar-refractivity contribution in [1.82, 2.24) is 9.97 Å². The summed E-state index contributed by atoms with van der Waals surface area (Å²) in [5.41, 5.74) is 4.58. The average molecular weight is 374 g/mol. The number of aromatic nitrogens is 2. The average Bonchev–Trinajstić information content (AvgIpc) is 2.69. The van der Waals surface area contributed by atoms with E-state index in [4.69, 9.17) is 0 Å². The van der Waals surface area contributed by atoms with E-state index in [0.29, 0.717) is 23.3 Å². The fourth-order valence-corrected chi connectivity index (χ4v) is 2.74. The van der Waals surface area contributed by atoms with E-state index in [1.54, 1.807) is 0 Å².